The Bertz CT molecular complexity index is 530. The molecule has 0 amide bonds. The number of aromatic nitrogens is 3. The summed E-state index contributed by atoms with van der Waals surface area (Å²) < 4.78 is 1.25. The Labute approximate surface area is 81.2 Å². The van der Waals surface area contributed by atoms with E-state index in [2.05, 4.69) is 17.2 Å². The van der Waals surface area contributed by atoms with Crippen LogP contribution in [0.15, 0.2) is 23.0 Å². The number of hydrogen-bond donors (Lipinski definition) is 0. The molecule has 0 N–H and O–H groups in total. The summed E-state index contributed by atoms with van der Waals surface area (Å²) in [5.41, 5.74) is 1.71. The van der Waals surface area contributed by atoms with E-state index in [4.69, 9.17) is 0 Å². The Hall–Kier alpha value is -1.71. The molecule has 4 heteroatoms. The predicted octanol–water partition coefficient (Wildman–Crippen LogP) is 0.891. The molecular weight excluding hydrogens is 178 g/mol. The highest BCUT2D eigenvalue weighted by atomic mass is 16.1. The van der Waals surface area contributed by atoms with Gasteiger partial charge in [0.15, 0.2) is 0 Å². The molecule has 0 fully saturated rings. The van der Waals surface area contributed by atoms with Crippen LogP contribution in [0.3, 0.4) is 0 Å². The molecule has 0 aliphatic rings. The van der Waals surface area contributed by atoms with E-state index < -0.39 is 0 Å². The zero-order valence-electron chi connectivity index (χ0n) is 8.19. The minimum atomic E-state index is -0.0923. The molecule has 0 aliphatic heterocycles. The minimum absolute atomic E-state index is 0.0923. The Kier molecular flexibility index (Phi) is 2.04. The zero-order chi connectivity index (χ0) is 10.1. The minimum Gasteiger partial charge on any atom is -0.267 e. The Morgan fingerprint density at radius 3 is 2.93 bits per heavy atom. The summed E-state index contributed by atoms with van der Waals surface area (Å²) in [4.78, 5) is 11.7. The van der Waals surface area contributed by atoms with E-state index in [1.54, 1.807) is 7.05 Å². The van der Waals surface area contributed by atoms with Gasteiger partial charge in [-0.15, -0.1) is 5.10 Å². The fourth-order valence-electron chi connectivity index (χ4n) is 1.39. The maximum absolute atomic E-state index is 11.7. The lowest BCUT2D eigenvalue weighted by Gasteiger charge is -2.00. The van der Waals surface area contributed by atoms with Gasteiger partial charge in [-0.25, -0.2) is 4.68 Å². The van der Waals surface area contributed by atoms with Gasteiger partial charge in [-0.2, -0.15) is 0 Å². The van der Waals surface area contributed by atoms with Crippen LogP contribution in [-0.2, 0) is 13.5 Å². The molecule has 14 heavy (non-hydrogen) atoms. The monoisotopic (exact) mass is 189 g/mol. The van der Waals surface area contributed by atoms with Crippen LogP contribution in [0.5, 0.6) is 0 Å². The third kappa shape index (κ3) is 1.28. The summed E-state index contributed by atoms with van der Waals surface area (Å²) >= 11 is 0. The summed E-state index contributed by atoms with van der Waals surface area (Å²) in [6.45, 7) is 2.06. The summed E-state index contributed by atoms with van der Waals surface area (Å²) in [6, 6.07) is 5.69. The van der Waals surface area contributed by atoms with Crippen LogP contribution in [-0.4, -0.2) is 15.0 Å². The van der Waals surface area contributed by atoms with Crippen LogP contribution in [0.1, 0.15) is 12.5 Å². The lowest BCUT2D eigenvalue weighted by molar-refractivity contribution is 0.656. The van der Waals surface area contributed by atoms with Crippen molar-refractivity contribution in [2.24, 2.45) is 7.05 Å². The summed E-state index contributed by atoms with van der Waals surface area (Å²) in [7, 11) is 1.60. The van der Waals surface area contributed by atoms with Crippen molar-refractivity contribution < 1.29 is 0 Å². The number of fused-ring (bicyclic) bond motifs is 1. The van der Waals surface area contributed by atoms with Gasteiger partial charge in [0.1, 0.15) is 5.52 Å². The van der Waals surface area contributed by atoms with Crippen LogP contribution in [0, 0.1) is 0 Å². The first-order valence-electron chi connectivity index (χ1n) is 4.55. The predicted molar refractivity (Wildman–Crippen MR) is 54.2 cm³/mol. The lowest BCUT2D eigenvalue weighted by atomic mass is 10.1. The zero-order valence-corrected chi connectivity index (χ0v) is 8.19. The molecule has 1 aromatic heterocycles. The Morgan fingerprint density at radius 2 is 2.21 bits per heavy atom. The smallest absolute Gasteiger partial charge is 0.267 e. The van der Waals surface area contributed by atoms with E-state index in [9.17, 15) is 4.79 Å². The van der Waals surface area contributed by atoms with Crippen molar-refractivity contribution >= 4 is 10.9 Å². The molecule has 4 nitrogen and oxygen atoms in total. The van der Waals surface area contributed by atoms with Gasteiger partial charge in [-0.05, 0) is 24.1 Å². The third-order valence-electron chi connectivity index (χ3n) is 2.28. The fourth-order valence-corrected chi connectivity index (χ4v) is 1.39. The van der Waals surface area contributed by atoms with E-state index >= 15 is 0 Å². The molecule has 0 aliphatic carbocycles. The first kappa shape index (κ1) is 8.87. The maximum atomic E-state index is 11.7. The third-order valence-corrected chi connectivity index (χ3v) is 2.28. The Balaban J connectivity index is 2.85. The van der Waals surface area contributed by atoms with Gasteiger partial charge in [0.25, 0.3) is 5.56 Å². The molecule has 0 saturated carbocycles. The second-order valence-electron chi connectivity index (χ2n) is 3.22. The number of hydrogen-bond acceptors (Lipinski definition) is 3. The van der Waals surface area contributed by atoms with E-state index in [0.717, 1.165) is 12.0 Å². The molecule has 1 aromatic carbocycles. The quantitative estimate of drug-likeness (QED) is 0.669. The van der Waals surface area contributed by atoms with Crippen LogP contribution in [0.25, 0.3) is 10.9 Å². The van der Waals surface area contributed by atoms with E-state index in [0.29, 0.717) is 10.9 Å². The average Bonchev–Trinajstić information content (AvgIpc) is 2.23. The fraction of sp³-hybridized carbons (Fsp3) is 0.300. The van der Waals surface area contributed by atoms with Crippen LogP contribution in [0.2, 0.25) is 0 Å². The molecule has 0 atom stereocenters. The van der Waals surface area contributed by atoms with Crippen molar-refractivity contribution in [3.8, 4) is 0 Å². The lowest BCUT2D eigenvalue weighted by Crippen LogP contribution is -2.20. The molecule has 0 unspecified atom stereocenters. The Morgan fingerprint density at radius 1 is 1.43 bits per heavy atom. The largest absolute Gasteiger partial charge is 0.277 e. The van der Waals surface area contributed by atoms with Gasteiger partial charge in [-0.3, -0.25) is 4.79 Å². The number of aryl methyl sites for hydroxylation is 2. The van der Waals surface area contributed by atoms with Gasteiger partial charge in [-0.1, -0.05) is 18.2 Å². The van der Waals surface area contributed by atoms with E-state index in [-0.39, 0.29) is 5.56 Å². The van der Waals surface area contributed by atoms with Crippen LogP contribution < -0.4 is 5.56 Å². The molecule has 1 heterocycles. The second kappa shape index (κ2) is 3.21. The van der Waals surface area contributed by atoms with Gasteiger partial charge < -0.3 is 0 Å². The van der Waals surface area contributed by atoms with Gasteiger partial charge in [0.2, 0.25) is 0 Å². The van der Waals surface area contributed by atoms with Crippen LogP contribution in [0.4, 0.5) is 0 Å². The topological polar surface area (TPSA) is 47.8 Å². The van der Waals surface area contributed by atoms with Crippen molar-refractivity contribution in [2.45, 2.75) is 13.3 Å². The molecule has 2 rings (SSSR count). The average molecular weight is 189 g/mol. The molecule has 0 spiro atoms. The highest BCUT2D eigenvalue weighted by Gasteiger charge is 2.02. The van der Waals surface area contributed by atoms with Crippen molar-refractivity contribution in [3.05, 3.63) is 34.1 Å². The first-order valence-corrected chi connectivity index (χ1v) is 4.55. The van der Waals surface area contributed by atoms with E-state index in [1.165, 1.54) is 4.68 Å². The highest BCUT2D eigenvalue weighted by molar-refractivity contribution is 5.77. The number of nitrogens with zero attached hydrogens (tertiary/aromatic N) is 3. The molecule has 0 radical (unpaired) electrons. The summed E-state index contributed by atoms with van der Waals surface area (Å²) in [6.07, 6.45) is 0.918. The van der Waals surface area contributed by atoms with Crippen molar-refractivity contribution in [3.63, 3.8) is 0 Å². The van der Waals surface area contributed by atoms with Gasteiger partial charge in [0.05, 0.1) is 5.39 Å². The first-order chi connectivity index (χ1) is 6.72. The van der Waals surface area contributed by atoms with Crippen molar-refractivity contribution in [2.75, 3.05) is 0 Å². The van der Waals surface area contributed by atoms with Crippen molar-refractivity contribution in [1.29, 1.82) is 0 Å². The SMILES string of the molecule is CCc1ccc2nnn(C)c(=O)c2c1. The van der Waals surface area contributed by atoms with Crippen LogP contribution >= 0.6 is 0 Å². The van der Waals surface area contributed by atoms with Gasteiger partial charge in [0, 0.05) is 7.05 Å². The highest BCUT2D eigenvalue weighted by Crippen LogP contribution is 2.09. The maximum Gasteiger partial charge on any atom is 0.277 e. The molecule has 0 saturated heterocycles. The molecule has 72 valence electrons. The normalized spacial score (nSPS) is 10.7. The van der Waals surface area contributed by atoms with E-state index in [1.807, 2.05) is 18.2 Å². The van der Waals surface area contributed by atoms with Crippen molar-refractivity contribution in [1.82, 2.24) is 15.0 Å². The molecular formula is C10H11N3O. The standard InChI is InChI=1S/C10H11N3O/c1-3-7-4-5-9-8(6-7)10(14)13(2)12-11-9/h4-6H,3H2,1-2H3. The second-order valence-corrected chi connectivity index (χ2v) is 3.22. The number of benzene rings is 1. The number of rotatable bonds is 1. The summed E-state index contributed by atoms with van der Waals surface area (Å²) in [5, 5.41) is 8.29. The van der Waals surface area contributed by atoms with Gasteiger partial charge >= 0.3 is 0 Å². The molecule has 0 bridgehead atoms. The molecule has 2 aromatic rings. The summed E-state index contributed by atoms with van der Waals surface area (Å²) in [5.74, 6) is 0.